The lowest BCUT2D eigenvalue weighted by Gasteiger charge is -2.03. The topological polar surface area (TPSA) is 54.4 Å². The fraction of sp³-hybridized carbons (Fsp3) is 0.0714. The number of aryl methyl sites for hydroxylation is 1. The molecule has 0 bridgehead atoms. The van der Waals surface area contributed by atoms with Crippen molar-refractivity contribution in [1.29, 1.82) is 0 Å². The minimum absolute atomic E-state index is 0.338. The van der Waals surface area contributed by atoms with Gasteiger partial charge in [0.15, 0.2) is 0 Å². The lowest BCUT2D eigenvalue weighted by atomic mass is 10.1. The summed E-state index contributed by atoms with van der Waals surface area (Å²) in [7, 11) is 0. The highest BCUT2D eigenvalue weighted by atomic mass is 35.5. The quantitative estimate of drug-likeness (QED) is 0.691. The molecule has 1 amide bonds. The van der Waals surface area contributed by atoms with Gasteiger partial charge in [0.25, 0.3) is 5.91 Å². The van der Waals surface area contributed by atoms with Gasteiger partial charge in [-0.2, -0.15) is 5.10 Å². The molecule has 0 atom stereocenters. The minimum atomic E-state index is -0.338. The molecule has 0 saturated carbocycles. The lowest BCUT2D eigenvalue weighted by Crippen LogP contribution is -2.18. The van der Waals surface area contributed by atoms with Gasteiger partial charge >= 0.3 is 0 Å². The number of halogens is 1. The first kappa shape index (κ1) is 13.2. The predicted octanol–water partition coefficient (Wildman–Crippen LogP) is 2.81. The standard InChI is InChI=1S/C14H12ClN3O/c1-10-2-3-12(13(15)8-10)14(19)18-17-9-11-4-6-16-7-5-11/h2-9H,1H3,(H,18,19). The number of carbonyl (C=O) groups is 1. The molecule has 1 N–H and O–H groups in total. The second-order valence-electron chi connectivity index (χ2n) is 3.96. The molecule has 0 saturated heterocycles. The maximum atomic E-state index is 11.8. The summed E-state index contributed by atoms with van der Waals surface area (Å²) in [6, 6.07) is 8.81. The van der Waals surface area contributed by atoms with Crippen LogP contribution in [-0.2, 0) is 0 Å². The van der Waals surface area contributed by atoms with E-state index in [1.807, 2.05) is 13.0 Å². The Morgan fingerprint density at radius 3 is 2.74 bits per heavy atom. The molecule has 2 aromatic rings. The summed E-state index contributed by atoms with van der Waals surface area (Å²) < 4.78 is 0. The Balaban J connectivity index is 2.04. The molecular weight excluding hydrogens is 262 g/mol. The molecule has 0 spiro atoms. The van der Waals surface area contributed by atoms with E-state index in [0.717, 1.165) is 11.1 Å². The van der Waals surface area contributed by atoms with E-state index in [1.54, 1.807) is 42.9 Å². The van der Waals surface area contributed by atoms with Crippen molar-refractivity contribution in [3.63, 3.8) is 0 Å². The Kier molecular flexibility index (Phi) is 4.26. The molecule has 2 rings (SSSR count). The summed E-state index contributed by atoms with van der Waals surface area (Å²) in [5.74, 6) is -0.338. The zero-order valence-electron chi connectivity index (χ0n) is 10.3. The molecule has 1 aromatic carbocycles. The van der Waals surface area contributed by atoms with Gasteiger partial charge in [-0.15, -0.1) is 0 Å². The van der Waals surface area contributed by atoms with Gasteiger partial charge in [0, 0.05) is 12.4 Å². The number of rotatable bonds is 3. The second-order valence-corrected chi connectivity index (χ2v) is 4.37. The van der Waals surface area contributed by atoms with Crippen molar-refractivity contribution < 1.29 is 4.79 Å². The molecule has 96 valence electrons. The highest BCUT2D eigenvalue weighted by Gasteiger charge is 2.08. The number of pyridine rings is 1. The number of aromatic nitrogens is 1. The number of hydrazone groups is 1. The van der Waals surface area contributed by atoms with E-state index in [0.29, 0.717) is 10.6 Å². The minimum Gasteiger partial charge on any atom is -0.267 e. The molecular formula is C14H12ClN3O. The molecule has 19 heavy (non-hydrogen) atoms. The Bertz CT molecular complexity index is 611. The van der Waals surface area contributed by atoms with E-state index in [4.69, 9.17) is 11.6 Å². The van der Waals surface area contributed by atoms with Crippen LogP contribution in [0.25, 0.3) is 0 Å². The van der Waals surface area contributed by atoms with Gasteiger partial charge < -0.3 is 0 Å². The zero-order valence-corrected chi connectivity index (χ0v) is 11.1. The van der Waals surface area contributed by atoms with E-state index in [9.17, 15) is 4.79 Å². The number of carbonyl (C=O) groups excluding carboxylic acids is 1. The molecule has 0 fully saturated rings. The monoisotopic (exact) mass is 273 g/mol. The van der Waals surface area contributed by atoms with Gasteiger partial charge in [-0.3, -0.25) is 9.78 Å². The van der Waals surface area contributed by atoms with Crippen molar-refractivity contribution in [2.24, 2.45) is 5.10 Å². The number of hydrogen-bond donors (Lipinski definition) is 1. The van der Waals surface area contributed by atoms with Crippen molar-refractivity contribution >= 4 is 23.7 Å². The zero-order chi connectivity index (χ0) is 13.7. The molecule has 4 nitrogen and oxygen atoms in total. The van der Waals surface area contributed by atoms with Gasteiger partial charge in [-0.1, -0.05) is 17.7 Å². The first-order chi connectivity index (χ1) is 9.16. The Labute approximate surface area is 116 Å². The van der Waals surface area contributed by atoms with Crippen LogP contribution in [0.5, 0.6) is 0 Å². The first-order valence-electron chi connectivity index (χ1n) is 5.66. The number of nitrogens with zero attached hydrogens (tertiary/aromatic N) is 2. The van der Waals surface area contributed by atoms with E-state index < -0.39 is 0 Å². The van der Waals surface area contributed by atoms with E-state index >= 15 is 0 Å². The van der Waals surface area contributed by atoms with Crippen LogP contribution in [0.2, 0.25) is 5.02 Å². The van der Waals surface area contributed by atoms with Crippen molar-refractivity contribution in [2.45, 2.75) is 6.92 Å². The summed E-state index contributed by atoms with van der Waals surface area (Å²) in [5, 5.41) is 4.28. The SMILES string of the molecule is Cc1ccc(C(=O)NN=Cc2ccncc2)c(Cl)c1. The number of benzene rings is 1. The Morgan fingerprint density at radius 1 is 1.32 bits per heavy atom. The number of hydrogen-bond acceptors (Lipinski definition) is 3. The third-order valence-corrected chi connectivity index (χ3v) is 2.77. The van der Waals surface area contributed by atoms with E-state index in [1.165, 1.54) is 0 Å². The third-order valence-electron chi connectivity index (χ3n) is 2.46. The predicted molar refractivity (Wildman–Crippen MR) is 75.5 cm³/mol. The molecule has 0 radical (unpaired) electrons. The van der Waals surface area contributed by atoms with E-state index in [-0.39, 0.29) is 5.91 Å². The molecule has 0 aliphatic rings. The summed E-state index contributed by atoms with van der Waals surface area (Å²) >= 11 is 6.00. The van der Waals surface area contributed by atoms with Crippen molar-refractivity contribution in [3.8, 4) is 0 Å². The number of nitrogens with one attached hydrogen (secondary N) is 1. The van der Waals surface area contributed by atoms with Crippen LogP contribution in [0.1, 0.15) is 21.5 Å². The van der Waals surface area contributed by atoms with Crippen LogP contribution < -0.4 is 5.43 Å². The maximum Gasteiger partial charge on any atom is 0.272 e. The van der Waals surface area contributed by atoms with Gasteiger partial charge in [0.1, 0.15) is 0 Å². The fourth-order valence-electron chi connectivity index (χ4n) is 1.48. The Morgan fingerprint density at radius 2 is 2.05 bits per heavy atom. The van der Waals surface area contributed by atoms with Crippen molar-refractivity contribution in [3.05, 3.63) is 64.4 Å². The highest BCUT2D eigenvalue weighted by molar-refractivity contribution is 6.33. The summed E-state index contributed by atoms with van der Waals surface area (Å²) in [5.41, 5.74) is 4.69. The van der Waals surface area contributed by atoms with Gasteiger partial charge in [-0.05, 0) is 42.3 Å². The van der Waals surface area contributed by atoms with Crippen molar-refractivity contribution in [2.75, 3.05) is 0 Å². The fourth-order valence-corrected chi connectivity index (χ4v) is 1.80. The average Bonchev–Trinajstić information content (AvgIpc) is 2.39. The van der Waals surface area contributed by atoms with Crippen LogP contribution in [0.4, 0.5) is 0 Å². The van der Waals surface area contributed by atoms with Crippen LogP contribution in [0.3, 0.4) is 0 Å². The normalized spacial score (nSPS) is 10.6. The van der Waals surface area contributed by atoms with Crippen LogP contribution in [-0.4, -0.2) is 17.1 Å². The second kappa shape index (κ2) is 6.11. The molecule has 5 heteroatoms. The van der Waals surface area contributed by atoms with Crippen LogP contribution in [0.15, 0.2) is 47.8 Å². The molecule has 0 aliphatic carbocycles. The third kappa shape index (κ3) is 3.63. The molecule has 1 heterocycles. The summed E-state index contributed by atoms with van der Waals surface area (Å²) in [6.45, 7) is 1.91. The molecule has 0 unspecified atom stereocenters. The van der Waals surface area contributed by atoms with E-state index in [2.05, 4.69) is 15.5 Å². The highest BCUT2D eigenvalue weighted by Crippen LogP contribution is 2.17. The number of amides is 1. The lowest BCUT2D eigenvalue weighted by molar-refractivity contribution is 0.0955. The van der Waals surface area contributed by atoms with Gasteiger partial charge in [0.05, 0.1) is 16.8 Å². The largest absolute Gasteiger partial charge is 0.272 e. The molecule has 1 aromatic heterocycles. The summed E-state index contributed by atoms with van der Waals surface area (Å²) in [4.78, 5) is 15.7. The van der Waals surface area contributed by atoms with Crippen LogP contribution in [0, 0.1) is 6.92 Å². The molecule has 0 aliphatic heterocycles. The maximum absolute atomic E-state index is 11.8. The van der Waals surface area contributed by atoms with Gasteiger partial charge in [0.2, 0.25) is 0 Å². The Hall–Kier alpha value is -2.20. The van der Waals surface area contributed by atoms with Crippen LogP contribution >= 0.6 is 11.6 Å². The smallest absolute Gasteiger partial charge is 0.267 e. The van der Waals surface area contributed by atoms with Gasteiger partial charge in [-0.25, -0.2) is 5.43 Å². The summed E-state index contributed by atoms with van der Waals surface area (Å²) in [6.07, 6.45) is 4.85. The van der Waals surface area contributed by atoms with Crippen molar-refractivity contribution in [1.82, 2.24) is 10.4 Å². The average molecular weight is 274 g/mol. The first-order valence-corrected chi connectivity index (χ1v) is 6.04.